The van der Waals surface area contributed by atoms with Crippen LogP contribution in [0.2, 0.25) is 0 Å². The van der Waals surface area contributed by atoms with E-state index in [0.717, 1.165) is 28.8 Å². The molecule has 0 saturated carbocycles. The molecule has 0 aromatic heterocycles. The summed E-state index contributed by atoms with van der Waals surface area (Å²) in [6.07, 6.45) is 1.20. The molecule has 0 saturated heterocycles. The van der Waals surface area contributed by atoms with Gasteiger partial charge in [-0.2, -0.15) is 85.8 Å². The first-order valence-corrected chi connectivity index (χ1v) is 11.8. The molecule has 2 unspecified atom stereocenters. The number of hydrogen-bond acceptors (Lipinski definition) is 7. The first kappa shape index (κ1) is 20.5. The minimum Gasteiger partial charge on any atom is -0.179 e. The van der Waals surface area contributed by atoms with Gasteiger partial charge in [-0.05, 0) is 23.7 Å². The van der Waals surface area contributed by atoms with Crippen LogP contribution in [0.15, 0.2) is 0 Å². The Labute approximate surface area is 147 Å². The minimum absolute atomic E-state index is 0.640. The van der Waals surface area contributed by atoms with Crippen molar-refractivity contribution in [2.45, 2.75) is 16.9 Å². The highest BCUT2D eigenvalue weighted by Crippen LogP contribution is 2.26. The van der Waals surface area contributed by atoms with Gasteiger partial charge < -0.3 is 0 Å². The molecule has 0 bridgehead atoms. The summed E-state index contributed by atoms with van der Waals surface area (Å²) in [6, 6.07) is 0. The minimum atomic E-state index is 0.640. The van der Waals surface area contributed by atoms with Gasteiger partial charge in [0.1, 0.15) is 0 Å². The first-order chi connectivity index (χ1) is 8.78. The molecule has 0 rings (SSSR count). The molecule has 0 nitrogen and oxygen atoms in total. The smallest absolute Gasteiger partial charge is 0.0229 e. The summed E-state index contributed by atoms with van der Waals surface area (Å²) >= 11 is 23.5. The first-order valence-electron chi connectivity index (χ1n) is 6.02. The Morgan fingerprint density at radius 1 is 0.722 bits per heavy atom. The van der Waals surface area contributed by atoms with Crippen molar-refractivity contribution in [1.29, 1.82) is 0 Å². The molecule has 0 radical (unpaired) electrons. The van der Waals surface area contributed by atoms with Crippen LogP contribution >= 0.6 is 85.8 Å². The van der Waals surface area contributed by atoms with Crippen molar-refractivity contribution < 1.29 is 0 Å². The Kier molecular flexibility index (Phi) is 18.0. The standard InChI is InChI=1S/C11H24S7/c12-2-1-4-16-8-10(6-14)18-11(7-15)9-17-5-3-13/h10-15H,1-9H2. The molecule has 2 atom stereocenters. The highest BCUT2D eigenvalue weighted by atomic mass is 32.2. The molecule has 0 aliphatic rings. The topological polar surface area (TPSA) is 0 Å². The van der Waals surface area contributed by atoms with Gasteiger partial charge >= 0.3 is 0 Å². The molecule has 110 valence electrons. The zero-order valence-corrected chi connectivity index (χ0v) is 16.6. The second kappa shape index (κ2) is 15.8. The third kappa shape index (κ3) is 12.2. The van der Waals surface area contributed by atoms with Crippen LogP contribution in [0.4, 0.5) is 0 Å². The van der Waals surface area contributed by atoms with E-state index >= 15 is 0 Å². The maximum absolute atomic E-state index is 4.47. The van der Waals surface area contributed by atoms with Crippen molar-refractivity contribution >= 4 is 85.8 Å². The van der Waals surface area contributed by atoms with Gasteiger partial charge in [0.25, 0.3) is 0 Å². The van der Waals surface area contributed by atoms with Gasteiger partial charge in [0.2, 0.25) is 0 Å². The van der Waals surface area contributed by atoms with Crippen LogP contribution < -0.4 is 0 Å². The summed E-state index contributed by atoms with van der Waals surface area (Å²) in [7, 11) is 0. The Morgan fingerprint density at radius 2 is 1.28 bits per heavy atom. The van der Waals surface area contributed by atoms with E-state index in [-0.39, 0.29) is 0 Å². The van der Waals surface area contributed by atoms with Crippen LogP contribution in [0.3, 0.4) is 0 Å². The summed E-state index contributed by atoms with van der Waals surface area (Å²) in [5.41, 5.74) is 0. The fraction of sp³-hybridized carbons (Fsp3) is 1.00. The van der Waals surface area contributed by atoms with Crippen molar-refractivity contribution in [3.63, 3.8) is 0 Å². The molecule has 0 aromatic rings. The predicted octanol–water partition coefficient (Wildman–Crippen LogP) is 4.03. The van der Waals surface area contributed by atoms with Crippen molar-refractivity contribution in [3.05, 3.63) is 0 Å². The number of hydrogen-bond donors (Lipinski definition) is 4. The fourth-order valence-corrected chi connectivity index (χ4v) is 6.58. The molecule has 0 spiro atoms. The summed E-state index contributed by atoms with van der Waals surface area (Å²) in [5, 5.41) is 1.29. The average molecular weight is 381 g/mol. The molecular weight excluding hydrogens is 357 g/mol. The van der Waals surface area contributed by atoms with Gasteiger partial charge in [0, 0.05) is 39.3 Å². The second-order valence-corrected chi connectivity index (χ2v) is 9.23. The van der Waals surface area contributed by atoms with E-state index in [2.05, 4.69) is 62.3 Å². The molecule has 0 aliphatic heterocycles. The normalized spacial score (nSPS) is 14.7. The number of thiol groups is 4. The van der Waals surface area contributed by atoms with Gasteiger partial charge in [-0.15, -0.1) is 0 Å². The van der Waals surface area contributed by atoms with Crippen LogP contribution in [0.5, 0.6) is 0 Å². The lowest BCUT2D eigenvalue weighted by Crippen LogP contribution is -2.19. The van der Waals surface area contributed by atoms with Gasteiger partial charge in [-0.25, -0.2) is 0 Å². The van der Waals surface area contributed by atoms with Gasteiger partial charge in [-0.3, -0.25) is 0 Å². The molecule has 0 amide bonds. The van der Waals surface area contributed by atoms with Crippen molar-refractivity contribution in [1.82, 2.24) is 0 Å². The summed E-state index contributed by atoms with van der Waals surface area (Å²) < 4.78 is 0. The highest BCUT2D eigenvalue weighted by molar-refractivity contribution is 8.06. The van der Waals surface area contributed by atoms with Crippen molar-refractivity contribution in [2.24, 2.45) is 0 Å². The molecule has 0 N–H and O–H groups in total. The van der Waals surface area contributed by atoms with Crippen LogP contribution in [0.1, 0.15) is 6.42 Å². The molecule has 7 heteroatoms. The molecule has 0 aromatic carbocycles. The van der Waals surface area contributed by atoms with Crippen LogP contribution in [0, 0.1) is 0 Å². The van der Waals surface area contributed by atoms with E-state index < -0.39 is 0 Å². The largest absolute Gasteiger partial charge is 0.179 e. The van der Waals surface area contributed by atoms with E-state index in [1.807, 2.05) is 23.5 Å². The second-order valence-electron chi connectivity index (χ2n) is 3.70. The summed E-state index contributed by atoms with van der Waals surface area (Å²) in [5.74, 6) is 8.60. The molecule has 0 aliphatic carbocycles. The van der Waals surface area contributed by atoms with Crippen LogP contribution in [-0.4, -0.2) is 56.5 Å². The van der Waals surface area contributed by atoms with E-state index in [4.69, 9.17) is 0 Å². The zero-order valence-electron chi connectivity index (χ0n) is 10.5. The third-order valence-corrected chi connectivity index (χ3v) is 8.50. The third-order valence-electron chi connectivity index (χ3n) is 2.08. The van der Waals surface area contributed by atoms with Crippen LogP contribution in [-0.2, 0) is 0 Å². The number of thioether (sulfide) groups is 3. The molecule has 0 fully saturated rings. The van der Waals surface area contributed by atoms with Crippen LogP contribution in [0.25, 0.3) is 0 Å². The van der Waals surface area contributed by atoms with Crippen molar-refractivity contribution in [2.75, 3.05) is 46.0 Å². The Morgan fingerprint density at radius 3 is 1.72 bits per heavy atom. The quantitative estimate of drug-likeness (QED) is 0.281. The SMILES string of the molecule is SCCCSCC(CS)SC(CS)CSCCS. The van der Waals surface area contributed by atoms with Gasteiger partial charge in [0.05, 0.1) is 0 Å². The molecule has 18 heavy (non-hydrogen) atoms. The fourth-order valence-electron chi connectivity index (χ4n) is 1.20. The average Bonchev–Trinajstić information content (AvgIpc) is 2.40. The lowest BCUT2D eigenvalue weighted by molar-refractivity contribution is 1.08. The number of rotatable bonds is 13. The van der Waals surface area contributed by atoms with E-state index in [1.54, 1.807) is 0 Å². The molecular formula is C11H24S7. The lowest BCUT2D eigenvalue weighted by atomic mass is 10.5. The highest BCUT2D eigenvalue weighted by Gasteiger charge is 2.15. The van der Waals surface area contributed by atoms with E-state index in [1.165, 1.54) is 23.7 Å². The van der Waals surface area contributed by atoms with E-state index in [0.29, 0.717) is 10.5 Å². The van der Waals surface area contributed by atoms with Gasteiger partial charge in [0.15, 0.2) is 0 Å². The van der Waals surface area contributed by atoms with Crippen molar-refractivity contribution in [3.8, 4) is 0 Å². The monoisotopic (exact) mass is 380 g/mol. The summed E-state index contributed by atoms with van der Waals surface area (Å²) in [6.45, 7) is 0. The van der Waals surface area contributed by atoms with E-state index in [9.17, 15) is 0 Å². The van der Waals surface area contributed by atoms with Gasteiger partial charge in [-0.1, -0.05) is 0 Å². The summed E-state index contributed by atoms with van der Waals surface area (Å²) in [4.78, 5) is 0. The Balaban J connectivity index is 3.76. The zero-order chi connectivity index (χ0) is 13.6. The molecule has 0 heterocycles. The predicted molar refractivity (Wildman–Crippen MR) is 110 cm³/mol. The maximum atomic E-state index is 4.47. The Hall–Kier alpha value is 2.45. The Bertz CT molecular complexity index is 167. The lowest BCUT2D eigenvalue weighted by Gasteiger charge is -2.20. The maximum Gasteiger partial charge on any atom is 0.0229 e.